The fraction of sp³-hybridized carbons (Fsp3) is 0.462. The van der Waals surface area contributed by atoms with Crippen LogP contribution in [0.5, 0.6) is 11.5 Å². The second-order valence-corrected chi connectivity index (χ2v) is 4.57. The Morgan fingerprint density at radius 2 is 2.17 bits per heavy atom. The van der Waals surface area contributed by atoms with Crippen LogP contribution in [-0.4, -0.2) is 47.3 Å². The van der Waals surface area contributed by atoms with E-state index in [2.05, 4.69) is 4.90 Å². The molecule has 0 atom stereocenters. The molecule has 98 valence electrons. The molecular formula is C13H17NO4. The third kappa shape index (κ3) is 2.26. The van der Waals surface area contributed by atoms with E-state index in [1.54, 1.807) is 12.1 Å². The van der Waals surface area contributed by atoms with Crippen molar-refractivity contribution in [3.05, 3.63) is 23.3 Å². The fourth-order valence-electron chi connectivity index (χ4n) is 2.10. The first-order valence-electron chi connectivity index (χ1n) is 5.96. The number of rotatable bonds is 4. The summed E-state index contributed by atoms with van der Waals surface area (Å²) in [5.74, 6) is -1.10. The number of hydrogen-bond acceptors (Lipinski definition) is 4. The van der Waals surface area contributed by atoms with Crippen LogP contribution in [0.25, 0.3) is 0 Å². The maximum absolute atomic E-state index is 11.2. The van der Waals surface area contributed by atoms with Crippen LogP contribution < -0.4 is 4.74 Å². The van der Waals surface area contributed by atoms with Gasteiger partial charge in [0.05, 0.1) is 0 Å². The second-order valence-electron chi connectivity index (χ2n) is 4.57. The number of benzene rings is 1. The van der Waals surface area contributed by atoms with Crippen LogP contribution in [-0.2, 0) is 6.42 Å². The Hall–Kier alpha value is -1.75. The molecule has 1 aliphatic heterocycles. The molecule has 1 heterocycles. The zero-order chi connectivity index (χ0) is 13.3. The first-order chi connectivity index (χ1) is 8.52. The van der Waals surface area contributed by atoms with Crippen molar-refractivity contribution < 1.29 is 19.7 Å². The summed E-state index contributed by atoms with van der Waals surface area (Å²) < 4.78 is 5.61. The van der Waals surface area contributed by atoms with Gasteiger partial charge in [-0.2, -0.15) is 0 Å². The molecule has 0 bridgehead atoms. The number of carboxylic acid groups (broad SMARTS) is 1. The Morgan fingerprint density at radius 3 is 2.67 bits per heavy atom. The number of likely N-dealkylation sites (tertiary alicyclic amines) is 1. The van der Waals surface area contributed by atoms with Gasteiger partial charge >= 0.3 is 5.97 Å². The summed E-state index contributed by atoms with van der Waals surface area (Å²) in [5.41, 5.74) is 0.481. The van der Waals surface area contributed by atoms with Gasteiger partial charge in [0.2, 0.25) is 0 Å². The molecule has 2 rings (SSSR count). The monoisotopic (exact) mass is 251 g/mol. The lowest BCUT2D eigenvalue weighted by Crippen LogP contribution is -2.51. The predicted octanol–water partition coefficient (Wildman–Crippen LogP) is 1.35. The molecule has 2 N–H and O–H groups in total. The minimum absolute atomic E-state index is 0.0000217. The molecule has 5 heteroatoms. The highest BCUT2D eigenvalue weighted by molar-refractivity contribution is 5.94. The molecule has 1 fully saturated rings. The molecule has 0 amide bonds. The number of phenols is 1. The van der Waals surface area contributed by atoms with E-state index in [9.17, 15) is 15.0 Å². The van der Waals surface area contributed by atoms with Crippen molar-refractivity contribution in [2.24, 2.45) is 0 Å². The molecule has 0 radical (unpaired) electrons. The van der Waals surface area contributed by atoms with Crippen molar-refractivity contribution in [2.75, 3.05) is 20.1 Å². The predicted molar refractivity (Wildman–Crippen MR) is 66.4 cm³/mol. The summed E-state index contributed by atoms with van der Waals surface area (Å²) in [4.78, 5) is 13.3. The molecule has 0 spiro atoms. The van der Waals surface area contributed by atoms with Gasteiger partial charge in [0.25, 0.3) is 0 Å². The van der Waals surface area contributed by atoms with Crippen molar-refractivity contribution in [2.45, 2.75) is 19.4 Å². The average molecular weight is 251 g/mol. The van der Waals surface area contributed by atoms with Gasteiger partial charge in [-0.1, -0.05) is 13.0 Å². The van der Waals surface area contributed by atoms with Gasteiger partial charge < -0.3 is 14.9 Å². The van der Waals surface area contributed by atoms with E-state index < -0.39 is 5.97 Å². The van der Waals surface area contributed by atoms with Crippen LogP contribution in [0.1, 0.15) is 22.8 Å². The minimum Gasteiger partial charge on any atom is -0.507 e. The first-order valence-corrected chi connectivity index (χ1v) is 5.96. The third-order valence-corrected chi connectivity index (χ3v) is 3.14. The second kappa shape index (κ2) is 4.86. The summed E-state index contributed by atoms with van der Waals surface area (Å²) in [6.45, 7) is 3.41. The van der Waals surface area contributed by atoms with Crippen molar-refractivity contribution in [3.8, 4) is 11.5 Å². The van der Waals surface area contributed by atoms with Crippen molar-refractivity contribution in [3.63, 3.8) is 0 Å². The third-order valence-electron chi connectivity index (χ3n) is 3.14. The van der Waals surface area contributed by atoms with Gasteiger partial charge in [0.1, 0.15) is 23.2 Å². The van der Waals surface area contributed by atoms with Gasteiger partial charge in [0.15, 0.2) is 0 Å². The Labute approximate surface area is 106 Å². The van der Waals surface area contributed by atoms with Crippen LogP contribution >= 0.6 is 0 Å². The molecule has 1 aromatic rings. The molecule has 0 aromatic heterocycles. The van der Waals surface area contributed by atoms with Crippen molar-refractivity contribution >= 4 is 5.97 Å². The van der Waals surface area contributed by atoms with E-state index in [1.165, 1.54) is 0 Å². The van der Waals surface area contributed by atoms with Crippen LogP contribution in [0.2, 0.25) is 0 Å². The zero-order valence-electron chi connectivity index (χ0n) is 10.5. The summed E-state index contributed by atoms with van der Waals surface area (Å²) in [5, 5.41) is 19.1. The van der Waals surface area contributed by atoms with Crippen molar-refractivity contribution in [1.82, 2.24) is 4.90 Å². The molecule has 1 saturated heterocycles. The van der Waals surface area contributed by atoms with Gasteiger partial charge in [-0.05, 0) is 25.1 Å². The first kappa shape index (κ1) is 12.7. The molecule has 18 heavy (non-hydrogen) atoms. The molecule has 5 nitrogen and oxygen atoms in total. The van der Waals surface area contributed by atoms with E-state index in [0.29, 0.717) is 12.0 Å². The lowest BCUT2D eigenvalue weighted by molar-refractivity contribution is 0.0367. The number of ether oxygens (including phenoxy) is 1. The van der Waals surface area contributed by atoms with Gasteiger partial charge in [-0.25, -0.2) is 4.79 Å². The highest BCUT2D eigenvalue weighted by Gasteiger charge is 2.28. The molecule has 1 aromatic carbocycles. The molecule has 0 aliphatic carbocycles. The van der Waals surface area contributed by atoms with Gasteiger partial charge in [-0.15, -0.1) is 0 Å². The summed E-state index contributed by atoms with van der Waals surface area (Å²) in [6.07, 6.45) is 0.582. The van der Waals surface area contributed by atoms with Crippen LogP contribution in [0.3, 0.4) is 0 Å². The Bertz CT molecular complexity index is 466. The van der Waals surface area contributed by atoms with Crippen LogP contribution in [0, 0.1) is 0 Å². The highest BCUT2D eigenvalue weighted by Crippen LogP contribution is 2.33. The van der Waals surface area contributed by atoms with E-state index in [4.69, 9.17) is 4.74 Å². The normalized spacial score (nSPS) is 16.3. The lowest BCUT2D eigenvalue weighted by Gasteiger charge is -2.36. The number of hydrogen-bond donors (Lipinski definition) is 2. The summed E-state index contributed by atoms with van der Waals surface area (Å²) >= 11 is 0. The summed E-state index contributed by atoms with van der Waals surface area (Å²) in [6, 6.07) is 3.33. The number of carboxylic acids is 1. The highest BCUT2D eigenvalue weighted by atomic mass is 16.5. The SMILES string of the molecule is CCc1ccc(OC2CN(C)C2)c(C(=O)O)c1O. The summed E-state index contributed by atoms with van der Waals surface area (Å²) in [7, 11) is 1.97. The number of nitrogens with zero attached hydrogens (tertiary/aromatic N) is 1. The van der Waals surface area contributed by atoms with Crippen LogP contribution in [0.4, 0.5) is 0 Å². The standard InChI is InChI=1S/C13H17NO4/c1-3-8-4-5-10(11(12(8)15)13(16)17)18-9-6-14(2)7-9/h4-5,9,15H,3,6-7H2,1-2H3,(H,16,17). The Kier molecular flexibility index (Phi) is 3.43. The molecule has 0 saturated carbocycles. The molecule has 0 unspecified atom stereocenters. The minimum atomic E-state index is -1.16. The maximum atomic E-state index is 11.2. The fourth-order valence-corrected chi connectivity index (χ4v) is 2.10. The zero-order valence-corrected chi connectivity index (χ0v) is 10.5. The number of likely N-dealkylation sites (N-methyl/N-ethyl adjacent to an activating group) is 1. The van der Waals surface area contributed by atoms with Crippen LogP contribution in [0.15, 0.2) is 12.1 Å². The topological polar surface area (TPSA) is 70.0 Å². The number of carbonyl (C=O) groups is 1. The number of aromatic hydroxyl groups is 1. The largest absolute Gasteiger partial charge is 0.507 e. The van der Waals surface area contributed by atoms with Gasteiger partial charge in [-0.3, -0.25) is 4.90 Å². The Balaban J connectivity index is 2.29. The van der Waals surface area contributed by atoms with E-state index in [-0.39, 0.29) is 23.2 Å². The van der Waals surface area contributed by atoms with E-state index >= 15 is 0 Å². The number of aromatic carboxylic acids is 1. The maximum Gasteiger partial charge on any atom is 0.343 e. The molecule has 1 aliphatic rings. The Morgan fingerprint density at radius 1 is 1.50 bits per heavy atom. The quantitative estimate of drug-likeness (QED) is 0.845. The molecular weight excluding hydrogens is 234 g/mol. The van der Waals surface area contributed by atoms with E-state index in [1.807, 2.05) is 14.0 Å². The number of aryl methyl sites for hydroxylation is 1. The lowest BCUT2D eigenvalue weighted by atomic mass is 10.1. The van der Waals surface area contributed by atoms with E-state index in [0.717, 1.165) is 13.1 Å². The van der Waals surface area contributed by atoms with Gasteiger partial charge in [0, 0.05) is 13.1 Å². The van der Waals surface area contributed by atoms with Crippen molar-refractivity contribution in [1.29, 1.82) is 0 Å². The average Bonchev–Trinajstić information content (AvgIpc) is 2.26. The smallest absolute Gasteiger partial charge is 0.343 e.